The third-order valence-corrected chi connectivity index (χ3v) is 4.40. The molecule has 0 atom stereocenters. The molecular weight excluding hydrogens is 346 g/mol. The number of rotatable bonds is 10. The summed E-state index contributed by atoms with van der Waals surface area (Å²) in [4.78, 5) is 4.26. The minimum Gasteiger partial charge on any atom is -0.493 e. The summed E-state index contributed by atoms with van der Waals surface area (Å²) in [5.41, 5.74) is 0.892. The lowest BCUT2D eigenvalue weighted by molar-refractivity contribution is 0.0203. The summed E-state index contributed by atoms with van der Waals surface area (Å²) in [6.45, 7) is 6.65. The number of anilines is 1. The molecule has 7 heteroatoms. The van der Waals surface area contributed by atoms with E-state index in [1.165, 1.54) is 0 Å². The summed E-state index contributed by atoms with van der Waals surface area (Å²) in [7, 11) is 3.39. The van der Waals surface area contributed by atoms with Gasteiger partial charge in [-0.05, 0) is 44.2 Å². The van der Waals surface area contributed by atoms with Crippen LogP contribution in [0.3, 0.4) is 0 Å². The minimum atomic E-state index is 0.584. The van der Waals surface area contributed by atoms with Gasteiger partial charge < -0.3 is 29.6 Å². The van der Waals surface area contributed by atoms with Gasteiger partial charge in [-0.2, -0.15) is 0 Å². The van der Waals surface area contributed by atoms with Crippen LogP contribution in [0.2, 0.25) is 0 Å². The van der Waals surface area contributed by atoms with Crippen LogP contribution < -0.4 is 20.1 Å². The van der Waals surface area contributed by atoms with Gasteiger partial charge in [-0.1, -0.05) is 0 Å². The van der Waals surface area contributed by atoms with Crippen molar-refractivity contribution in [2.45, 2.75) is 26.2 Å². The van der Waals surface area contributed by atoms with Crippen molar-refractivity contribution in [2.24, 2.45) is 10.9 Å². The Kier molecular flexibility index (Phi) is 9.79. The summed E-state index contributed by atoms with van der Waals surface area (Å²) < 4.78 is 22.1. The van der Waals surface area contributed by atoms with Gasteiger partial charge in [0.15, 0.2) is 17.5 Å². The Bertz CT molecular complexity index is 574. The number of methoxy groups -OCH3 is 1. The van der Waals surface area contributed by atoms with Gasteiger partial charge in [0.25, 0.3) is 0 Å². The number of hydrogen-bond donors (Lipinski definition) is 2. The molecule has 1 aliphatic heterocycles. The van der Waals surface area contributed by atoms with Gasteiger partial charge in [0.05, 0.1) is 13.7 Å². The van der Waals surface area contributed by atoms with Crippen molar-refractivity contribution in [2.75, 3.05) is 59.1 Å². The van der Waals surface area contributed by atoms with E-state index in [1.54, 1.807) is 14.2 Å². The summed E-state index contributed by atoms with van der Waals surface area (Å²) in [6.07, 6.45) is 3.15. The Morgan fingerprint density at radius 1 is 1.26 bits per heavy atom. The molecule has 0 unspecified atom stereocenters. The van der Waals surface area contributed by atoms with E-state index in [4.69, 9.17) is 18.9 Å². The highest BCUT2D eigenvalue weighted by Gasteiger charge is 2.13. The fourth-order valence-corrected chi connectivity index (χ4v) is 2.88. The Morgan fingerprint density at radius 3 is 2.78 bits per heavy atom. The molecule has 2 N–H and O–H groups in total. The molecule has 27 heavy (non-hydrogen) atoms. The molecular formula is C20H33N3O4. The smallest absolute Gasteiger partial charge is 0.195 e. The zero-order valence-corrected chi connectivity index (χ0v) is 16.8. The number of ether oxygens (including phenoxy) is 4. The minimum absolute atomic E-state index is 0.584. The van der Waals surface area contributed by atoms with E-state index in [1.807, 2.05) is 25.1 Å². The summed E-state index contributed by atoms with van der Waals surface area (Å²) in [5.74, 6) is 2.79. The van der Waals surface area contributed by atoms with Gasteiger partial charge in [-0.25, -0.2) is 0 Å². The third-order valence-electron chi connectivity index (χ3n) is 4.40. The Balaban J connectivity index is 1.68. The van der Waals surface area contributed by atoms with Crippen molar-refractivity contribution in [3.05, 3.63) is 18.2 Å². The molecule has 0 aliphatic carbocycles. The van der Waals surface area contributed by atoms with Crippen molar-refractivity contribution in [3.8, 4) is 11.5 Å². The second-order valence-electron chi connectivity index (χ2n) is 6.41. The monoisotopic (exact) mass is 379 g/mol. The first kappa shape index (κ1) is 21.3. The molecule has 0 aromatic heterocycles. The van der Waals surface area contributed by atoms with E-state index in [9.17, 15) is 0 Å². The van der Waals surface area contributed by atoms with Crippen molar-refractivity contribution in [3.63, 3.8) is 0 Å². The molecule has 0 radical (unpaired) electrons. The van der Waals surface area contributed by atoms with E-state index in [0.29, 0.717) is 30.0 Å². The highest BCUT2D eigenvalue weighted by atomic mass is 16.5. The maximum absolute atomic E-state index is 5.79. The van der Waals surface area contributed by atoms with E-state index < -0.39 is 0 Å². The number of nitrogens with one attached hydrogen (secondary N) is 2. The standard InChI is InChI=1S/C20H33N3O4/c1-4-27-19-14-17(6-7-18(19)24-3)23-20(21-2)22-10-5-11-26-15-16-8-12-25-13-9-16/h6-7,14,16H,4-5,8-13,15H2,1-3H3,(H2,21,22,23). The van der Waals surface area contributed by atoms with Crippen molar-refractivity contribution >= 4 is 11.6 Å². The van der Waals surface area contributed by atoms with Crippen LogP contribution in [0, 0.1) is 5.92 Å². The number of hydrogen-bond acceptors (Lipinski definition) is 5. The van der Waals surface area contributed by atoms with Crippen LogP contribution in [0.1, 0.15) is 26.2 Å². The highest BCUT2D eigenvalue weighted by Crippen LogP contribution is 2.30. The van der Waals surface area contributed by atoms with E-state index in [0.717, 1.165) is 57.9 Å². The van der Waals surface area contributed by atoms with Gasteiger partial charge in [0.1, 0.15) is 0 Å². The van der Waals surface area contributed by atoms with Crippen LogP contribution in [-0.4, -0.2) is 59.7 Å². The Hall–Kier alpha value is -1.99. The number of guanidine groups is 1. The van der Waals surface area contributed by atoms with Gasteiger partial charge in [0, 0.05) is 51.8 Å². The maximum Gasteiger partial charge on any atom is 0.195 e. The molecule has 2 rings (SSSR count). The Labute approximate surface area is 162 Å². The summed E-state index contributed by atoms with van der Waals surface area (Å²) in [6, 6.07) is 5.72. The first-order valence-electron chi connectivity index (χ1n) is 9.70. The number of benzene rings is 1. The van der Waals surface area contributed by atoms with E-state index >= 15 is 0 Å². The molecule has 1 aromatic rings. The number of nitrogens with zero attached hydrogens (tertiary/aromatic N) is 1. The van der Waals surface area contributed by atoms with Gasteiger partial charge in [0.2, 0.25) is 0 Å². The lowest BCUT2D eigenvalue weighted by Crippen LogP contribution is -2.32. The van der Waals surface area contributed by atoms with Crippen LogP contribution in [0.15, 0.2) is 23.2 Å². The first-order chi connectivity index (χ1) is 13.3. The van der Waals surface area contributed by atoms with E-state index in [2.05, 4.69) is 15.6 Å². The normalized spacial score (nSPS) is 15.4. The van der Waals surface area contributed by atoms with Crippen molar-refractivity contribution < 1.29 is 18.9 Å². The molecule has 0 saturated carbocycles. The molecule has 0 bridgehead atoms. The van der Waals surface area contributed by atoms with Gasteiger partial charge in [-0.15, -0.1) is 0 Å². The Morgan fingerprint density at radius 2 is 2.07 bits per heavy atom. The highest BCUT2D eigenvalue weighted by molar-refractivity contribution is 5.93. The largest absolute Gasteiger partial charge is 0.493 e. The molecule has 1 aliphatic rings. The molecule has 0 spiro atoms. The summed E-state index contributed by atoms with van der Waals surface area (Å²) in [5, 5.41) is 6.57. The van der Waals surface area contributed by atoms with Gasteiger partial charge >= 0.3 is 0 Å². The molecule has 1 saturated heterocycles. The second-order valence-corrected chi connectivity index (χ2v) is 6.41. The SMILES string of the molecule is CCOc1cc(NC(=NC)NCCCOCC2CCOCC2)ccc1OC. The lowest BCUT2D eigenvalue weighted by Gasteiger charge is -2.21. The molecule has 1 fully saturated rings. The first-order valence-corrected chi connectivity index (χ1v) is 9.70. The van der Waals surface area contributed by atoms with Gasteiger partial charge in [-0.3, -0.25) is 4.99 Å². The summed E-state index contributed by atoms with van der Waals surface area (Å²) >= 11 is 0. The maximum atomic E-state index is 5.79. The third kappa shape index (κ3) is 7.64. The fraction of sp³-hybridized carbons (Fsp3) is 0.650. The predicted molar refractivity (Wildman–Crippen MR) is 108 cm³/mol. The quantitative estimate of drug-likeness (QED) is 0.370. The number of aliphatic imine (C=N–C) groups is 1. The van der Waals surface area contributed by atoms with Crippen LogP contribution in [0.25, 0.3) is 0 Å². The van der Waals surface area contributed by atoms with Crippen molar-refractivity contribution in [1.82, 2.24) is 5.32 Å². The second kappa shape index (κ2) is 12.4. The lowest BCUT2D eigenvalue weighted by atomic mass is 10.0. The van der Waals surface area contributed by atoms with Crippen LogP contribution in [-0.2, 0) is 9.47 Å². The van der Waals surface area contributed by atoms with Crippen molar-refractivity contribution in [1.29, 1.82) is 0 Å². The average Bonchev–Trinajstić information content (AvgIpc) is 2.71. The van der Waals surface area contributed by atoms with Crippen LogP contribution >= 0.6 is 0 Å². The van der Waals surface area contributed by atoms with E-state index in [-0.39, 0.29) is 0 Å². The van der Waals surface area contributed by atoms with Crippen LogP contribution in [0.5, 0.6) is 11.5 Å². The molecule has 152 valence electrons. The predicted octanol–water partition coefficient (Wildman–Crippen LogP) is 2.91. The molecule has 0 amide bonds. The topological polar surface area (TPSA) is 73.3 Å². The molecule has 1 aromatic carbocycles. The fourth-order valence-electron chi connectivity index (χ4n) is 2.88. The zero-order chi connectivity index (χ0) is 19.3. The molecule has 7 nitrogen and oxygen atoms in total. The average molecular weight is 380 g/mol. The van der Waals surface area contributed by atoms with Crippen LogP contribution in [0.4, 0.5) is 5.69 Å². The molecule has 1 heterocycles. The zero-order valence-electron chi connectivity index (χ0n) is 16.8.